The Bertz CT molecular complexity index is 1380. The van der Waals surface area contributed by atoms with Crippen LogP contribution in [-0.2, 0) is 34.7 Å². The molecule has 158 valence electrons. The number of carbonyl (C=O) groups is 1. The lowest BCUT2D eigenvalue weighted by atomic mass is 9.86. The normalized spacial score (nSPS) is 20.8. The van der Waals surface area contributed by atoms with Crippen LogP contribution in [-0.4, -0.2) is 33.5 Å². The summed E-state index contributed by atoms with van der Waals surface area (Å²) in [7, 11) is 1.67. The summed E-state index contributed by atoms with van der Waals surface area (Å²) in [6.07, 6.45) is 1.01. The standard InChI is InChI=1S/C23H20N2O5S/c1-3-23(28)14-8-16-19-12(9-25(16)21(26)13(14)10-30-22(23)27)11-6-7-31-20-17(29-2)5-4-15(24-19)18(11)20/h4-5,8,28H,3,6-7,9-10H2,1-2H3/t23-/m0/s1. The largest absolute Gasteiger partial charge is 0.496 e. The highest BCUT2D eigenvalue weighted by molar-refractivity contribution is 7.99. The third-order valence-corrected chi connectivity index (χ3v) is 7.81. The molecule has 6 rings (SSSR count). The number of aliphatic hydroxyl groups is 1. The predicted molar refractivity (Wildman–Crippen MR) is 116 cm³/mol. The molecule has 0 fully saturated rings. The Morgan fingerprint density at radius 2 is 2.13 bits per heavy atom. The third kappa shape index (κ3) is 2.32. The van der Waals surface area contributed by atoms with Gasteiger partial charge in [0.25, 0.3) is 5.56 Å². The number of aromatic nitrogens is 2. The quantitative estimate of drug-likeness (QED) is 0.483. The van der Waals surface area contributed by atoms with Crippen molar-refractivity contribution in [3.63, 3.8) is 0 Å². The van der Waals surface area contributed by atoms with Crippen LogP contribution in [0.1, 0.15) is 35.6 Å². The first-order valence-electron chi connectivity index (χ1n) is 10.3. The van der Waals surface area contributed by atoms with Gasteiger partial charge in [0, 0.05) is 22.3 Å². The predicted octanol–water partition coefficient (Wildman–Crippen LogP) is 2.74. The lowest BCUT2D eigenvalue weighted by Crippen LogP contribution is -2.44. The first kappa shape index (κ1) is 18.9. The van der Waals surface area contributed by atoms with Crippen molar-refractivity contribution in [3.05, 3.63) is 50.8 Å². The fourth-order valence-corrected chi connectivity index (χ4v) is 6.22. The summed E-state index contributed by atoms with van der Waals surface area (Å²) in [5, 5.41) is 12.1. The zero-order valence-corrected chi connectivity index (χ0v) is 18.0. The van der Waals surface area contributed by atoms with Crippen molar-refractivity contribution in [3.8, 4) is 17.1 Å². The van der Waals surface area contributed by atoms with Crippen LogP contribution in [0.3, 0.4) is 0 Å². The van der Waals surface area contributed by atoms with Crippen LogP contribution < -0.4 is 10.3 Å². The minimum atomic E-state index is -1.81. The average Bonchev–Trinajstić information content (AvgIpc) is 3.16. The second-order valence-corrected chi connectivity index (χ2v) is 9.22. The van der Waals surface area contributed by atoms with Gasteiger partial charge in [-0.05, 0) is 36.6 Å². The van der Waals surface area contributed by atoms with Gasteiger partial charge >= 0.3 is 5.97 Å². The fraction of sp³-hybridized carbons (Fsp3) is 0.348. The van der Waals surface area contributed by atoms with Crippen LogP contribution in [0.25, 0.3) is 22.3 Å². The molecular weight excluding hydrogens is 416 g/mol. The number of hydrogen-bond donors (Lipinski definition) is 1. The number of hydrogen-bond acceptors (Lipinski definition) is 7. The molecule has 0 aliphatic carbocycles. The van der Waals surface area contributed by atoms with E-state index in [1.807, 2.05) is 12.1 Å². The van der Waals surface area contributed by atoms with Crippen LogP contribution in [0.4, 0.5) is 0 Å². The number of carbonyl (C=O) groups excluding carboxylic acids is 1. The van der Waals surface area contributed by atoms with Crippen molar-refractivity contribution < 1.29 is 19.4 Å². The van der Waals surface area contributed by atoms with Crippen LogP contribution in [0.5, 0.6) is 5.75 Å². The summed E-state index contributed by atoms with van der Waals surface area (Å²) >= 11 is 1.77. The minimum absolute atomic E-state index is 0.119. The van der Waals surface area contributed by atoms with Gasteiger partial charge in [-0.15, -0.1) is 11.8 Å². The number of esters is 1. The first-order valence-corrected chi connectivity index (χ1v) is 11.3. The van der Waals surface area contributed by atoms with Gasteiger partial charge in [0.05, 0.1) is 41.0 Å². The van der Waals surface area contributed by atoms with Gasteiger partial charge in [0.1, 0.15) is 12.4 Å². The smallest absolute Gasteiger partial charge is 0.343 e. The number of methoxy groups -OCH3 is 1. The summed E-state index contributed by atoms with van der Waals surface area (Å²) in [5.74, 6) is 1.06. The molecule has 1 atom stereocenters. The van der Waals surface area contributed by atoms with Gasteiger partial charge in [0.2, 0.25) is 0 Å². The van der Waals surface area contributed by atoms with E-state index in [1.54, 1.807) is 36.4 Å². The lowest BCUT2D eigenvalue weighted by Gasteiger charge is -2.31. The van der Waals surface area contributed by atoms with Crippen molar-refractivity contribution in [2.24, 2.45) is 0 Å². The summed E-state index contributed by atoms with van der Waals surface area (Å²) in [6.45, 7) is 2.01. The Morgan fingerprint density at radius 1 is 1.29 bits per heavy atom. The maximum absolute atomic E-state index is 13.4. The number of rotatable bonds is 2. The Hall–Kier alpha value is -2.84. The maximum Gasteiger partial charge on any atom is 0.343 e. The number of nitrogens with zero attached hydrogens (tertiary/aromatic N) is 2. The van der Waals surface area contributed by atoms with Gasteiger partial charge in [0.15, 0.2) is 5.60 Å². The number of ether oxygens (including phenoxy) is 2. The molecule has 0 saturated heterocycles. The topological polar surface area (TPSA) is 90.7 Å². The Kier molecular flexibility index (Phi) is 3.86. The van der Waals surface area contributed by atoms with Crippen molar-refractivity contribution in [2.45, 2.75) is 43.4 Å². The van der Waals surface area contributed by atoms with E-state index in [0.29, 0.717) is 23.4 Å². The molecule has 1 N–H and O–H groups in total. The summed E-state index contributed by atoms with van der Waals surface area (Å²) in [5.41, 5.74) is 3.14. The number of thioether (sulfide) groups is 1. The van der Waals surface area contributed by atoms with Crippen LogP contribution in [0.2, 0.25) is 0 Å². The van der Waals surface area contributed by atoms with Crippen molar-refractivity contribution in [1.82, 2.24) is 9.55 Å². The molecule has 3 aromatic rings. The molecule has 0 saturated carbocycles. The van der Waals surface area contributed by atoms with E-state index in [4.69, 9.17) is 14.5 Å². The van der Waals surface area contributed by atoms with E-state index in [1.165, 1.54) is 5.56 Å². The van der Waals surface area contributed by atoms with Gasteiger partial charge < -0.3 is 19.1 Å². The molecule has 0 spiro atoms. The second-order valence-electron chi connectivity index (χ2n) is 8.11. The van der Waals surface area contributed by atoms with Gasteiger partial charge in [-0.2, -0.15) is 0 Å². The zero-order valence-electron chi connectivity index (χ0n) is 17.2. The molecule has 0 bridgehead atoms. The molecule has 31 heavy (non-hydrogen) atoms. The Labute approximate surface area is 182 Å². The van der Waals surface area contributed by atoms with E-state index in [9.17, 15) is 14.7 Å². The first-order chi connectivity index (χ1) is 15.0. The van der Waals surface area contributed by atoms with E-state index >= 15 is 0 Å². The number of benzene rings is 1. The van der Waals surface area contributed by atoms with Crippen LogP contribution in [0.15, 0.2) is 27.9 Å². The molecule has 1 aromatic carbocycles. The van der Waals surface area contributed by atoms with Crippen LogP contribution >= 0.6 is 11.8 Å². The monoisotopic (exact) mass is 436 g/mol. The van der Waals surface area contributed by atoms with E-state index < -0.39 is 11.6 Å². The van der Waals surface area contributed by atoms with Crippen molar-refractivity contribution in [1.29, 1.82) is 0 Å². The average molecular weight is 436 g/mol. The molecule has 0 unspecified atom stereocenters. The molecule has 3 aliphatic heterocycles. The summed E-state index contributed by atoms with van der Waals surface area (Å²) < 4.78 is 12.4. The SMILES string of the molecule is CC[C@@]1(O)C(=O)OCc2c1cc1n(c2=O)Cc2c-1nc1ccc(OC)c3c1c2CCS3. The van der Waals surface area contributed by atoms with Gasteiger partial charge in [-0.3, -0.25) is 4.79 Å². The Balaban J connectivity index is 1.66. The fourth-order valence-electron chi connectivity index (χ4n) is 5.05. The van der Waals surface area contributed by atoms with E-state index in [2.05, 4.69) is 0 Å². The number of cyclic esters (lactones) is 1. The highest BCUT2D eigenvalue weighted by Crippen LogP contribution is 2.46. The lowest BCUT2D eigenvalue weighted by molar-refractivity contribution is -0.172. The molecule has 3 aliphatic rings. The molecule has 0 amide bonds. The molecule has 8 heteroatoms. The highest BCUT2D eigenvalue weighted by atomic mass is 32.2. The van der Waals surface area contributed by atoms with E-state index in [0.717, 1.165) is 45.0 Å². The molecular formula is C23H20N2O5S. The van der Waals surface area contributed by atoms with E-state index in [-0.39, 0.29) is 18.6 Å². The highest BCUT2D eigenvalue weighted by Gasteiger charge is 2.45. The summed E-state index contributed by atoms with van der Waals surface area (Å²) in [6, 6.07) is 5.65. The van der Waals surface area contributed by atoms with Crippen LogP contribution in [0, 0.1) is 0 Å². The molecule has 0 radical (unpaired) electrons. The van der Waals surface area contributed by atoms with Gasteiger partial charge in [-0.1, -0.05) is 6.92 Å². The Morgan fingerprint density at radius 3 is 2.90 bits per heavy atom. The van der Waals surface area contributed by atoms with Crippen molar-refractivity contribution in [2.75, 3.05) is 12.9 Å². The van der Waals surface area contributed by atoms with Gasteiger partial charge in [-0.25, -0.2) is 9.78 Å². The molecule has 7 nitrogen and oxygen atoms in total. The molecule has 5 heterocycles. The minimum Gasteiger partial charge on any atom is -0.496 e. The number of aryl methyl sites for hydroxylation is 1. The zero-order chi connectivity index (χ0) is 21.5. The summed E-state index contributed by atoms with van der Waals surface area (Å²) in [4.78, 5) is 31.7. The molecule has 2 aromatic heterocycles. The third-order valence-electron chi connectivity index (χ3n) is 6.70. The second kappa shape index (κ2) is 6.34. The number of fused-ring (bicyclic) bond motifs is 5. The maximum atomic E-state index is 13.4. The number of pyridine rings is 2. The van der Waals surface area contributed by atoms with Crippen molar-refractivity contribution >= 4 is 28.6 Å².